The molecular weight excluding hydrogens is 1830 g/mol. The first-order valence-electron chi connectivity index (χ1n) is 37.6. The van der Waals surface area contributed by atoms with Gasteiger partial charge in [-0.3, -0.25) is 4.79 Å². The predicted molar refractivity (Wildman–Crippen MR) is 410 cm³/mol. The van der Waals surface area contributed by atoms with E-state index in [9.17, 15) is 162 Å². The van der Waals surface area contributed by atoms with Crippen LogP contribution in [0.1, 0.15) is 105 Å². The van der Waals surface area contributed by atoms with Crippen molar-refractivity contribution >= 4 is 65.5 Å². The highest BCUT2D eigenvalue weighted by Crippen LogP contribution is 2.62. The average molecular weight is 1890 g/mol. The van der Waals surface area contributed by atoms with Crippen molar-refractivity contribution in [2.45, 2.75) is 78.9 Å². The number of aliphatic hydroxyl groups is 3. The quantitative estimate of drug-likeness (QED) is 0.0420. The summed E-state index contributed by atoms with van der Waals surface area (Å²) in [6.07, 6.45) is -29.0. The van der Waals surface area contributed by atoms with Crippen LogP contribution in [0.2, 0.25) is 0 Å². The highest BCUT2D eigenvalue weighted by molar-refractivity contribution is 6.11. The number of fused-ring (bicyclic) bond motifs is 8. The molecule has 27 N–H and O–H groups in total. The Hall–Kier alpha value is -18.5. The molecular formula is C82H56O53. The van der Waals surface area contributed by atoms with Crippen LogP contribution in [0.15, 0.2) is 90.5 Å². The van der Waals surface area contributed by atoms with E-state index in [0.29, 0.717) is 48.5 Å². The van der Waals surface area contributed by atoms with E-state index in [4.69, 9.17) is 71.1 Å². The van der Waals surface area contributed by atoms with Gasteiger partial charge in [-0.25, -0.2) is 47.9 Å². The summed E-state index contributed by atoms with van der Waals surface area (Å²) in [7, 11) is 0. The summed E-state index contributed by atoms with van der Waals surface area (Å²) in [5.74, 6) is -78.7. The van der Waals surface area contributed by atoms with E-state index in [1.54, 1.807) is 0 Å². The Labute approximate surface area is 740 Å². The monoisotopic (exact) mass is 1890 g/mol. The average Bonchev–Trinajstić information content (AvgIpc) is 1.49. The standard InChI is InChI=1S/C82H56O53/c83-27-1-17(2-28(84)47(27)96)69(108)121-15-40-62(127-70(109)18-3-29(85)48(97)30(86)4-18)65(129-71(110)19-5-31(87)49(98)32(88)6-19)67-80(125-40)134-78(117)26-12-37(93)53(102)58(107)60(26)126-61-39(123-59-25(77(116)132-67)11-36(92)52(101)57(59)106)13-23-44(56(61)105)43-21(9-35(91)51(100)55(43)104)74(113)130-66-63-41(16-122-73(23)112)124-79(133-72(111)20-7-33(89)50(99)34(90)8-20)68(66)131-75(114)22-10-38(94)54(103)64-45(22)46-24(76(115)128-63)14-42(95)82(120,135-64)81(46,118)119/h1-14,40-41,46,62-63,65-68,79-80,83-94,96-107,118-120H,15-16H2. The second-order valence-electron chi connectivity index (χ2n) is 29.8. The minimum atomic E-state index is -4.23. The third-order valence-corrected chi connectivity index (χ3v) is 21.6. The molecule has 12 atom stereocenters. The summed E-state index contributed by atoms with van der Waals surface area (Å²) >= 11 is 0. The molecule has 0 saturated carbocycles. The lowest BCUT2D eigenvalue weighted by atomic mass is 9.70. The van der Waals surface area contributed by atoms with Gasteiger partial charge in [0.15, 0.2) is 151 Å². The third-order valence-electron chi connectivity index (χ3n) is 21.6. The van der Waals surface area contributed by atoms with Gasteiger partial charge < -0.3 is 209 Å². The van der Waals surface area contributed by atoms with Crippen LogP contribution in [-0.2, 0) is 66.4 Å². The second kappa shape index (κ2) is 32.3. The molecule has 702 valence electrons. The largest absolute Gasteiger partial charge is 0.504 e. The zero-order valence-corrected chi connectivity index (χ0v) is 66.0. The van der Waals surface area contributed by atoms with Gasteiger partial charge in [-0.2, -0.15) is 0 Å². The Morgan fingerprint density at radius 3 is 1.27 bits per heavy atom. The fraction of sp³-hybridized carbons (Fsp3) is 0.183. The van der Waals surface area contributed by atoms with E-state index in [0.717, 1.165) is 0 Å². The molecule has 6 bridgehead atoms. The van der Waals surface area contributed by atoms with E-state index in [-0.39, 0.29) is 36.4 Å². The molecule has 135 heavy (non-hydrogen) atoms. The summed E-state index contributed by atoms with van der Waals surface area (Å²) in [6.45, 7) is -3.37. The number of benzene rings is 9. The first-order valence-corrected chi connectivity index (χ1v) is 37.6. The number of hydrogen-bond acceptors (Lipinski definition) is 53. The zero-order chi connectivity index (χ0) is 97.9. The van der Waals surface area contributed by atoms with Gasteiger partial charge in [0.25, 0.3) is 5.79 Å². The number of cyclic esters (lactones) is 1. The fourth-order valence-corrected chi connectivity index (χ4v) is 15.0. The van der Waals surface area contributed by atoms with Crippen molar-refractivity contribution in [1.29, 1.82) is 0 Å². The van der Waals surface area contributed by atoms with Gasteiger partial charge in [-0.1, -0.05) is 0 Å². The Balaban J connectivity index is 0.895. The highest BCUT2D eigenvalue weighted by Gasteiger charge is 2.71. The molecule has 53 heteroatoms. The van der Waals surface area contributed by atoms with Gasteiger partial charge in [-0.15, -0.1) is 0 Å². The Morgan fingerprint density at radius 1 is 0.348 bits per heavy atom. The number of hydrogen-bond donors (Lipinski definition) is 27. The van der Waals surface area contributed by atoms with E-state index in [1.165, 1.54) is 0 Å². The number of aromatic hydroxyl groups is 24. The van der Waals surface area contributed by atoms with Crippen molar-refractivity contribution in [2.24, 2.45) is 0 Å². The number of phenolic OH excluding ortho intramolecular Hbond substituents is 24. The third kappa shape index (κ3) is 14.8. The molecule has 2 fully saturated rings. The van der Waals surface area contributed by atoms with E-state index in [2.05, 4.69) is 0 Å². The molecule has 6 aliphatic heterocycles. The van der Waals surface area contributed by atoms with Crippen LogP contribution in [0, 0.1) is 0 Å². The van der Waals surface area contributed by atoms with Crippen molar-refractivity contribution in [3.05, 3.63) is 146 Å². The minimum Gasteiger partial charge on any atom is -0.504 e. The molecule has 0 spiro atoms. The van der Waals surface area contributed by atoms with Crippen LogP contribution >= 0.6 is 0 Å². The molecule has 12 unspecified atom stereocenters. The van der Waals surface area contributed by atoms with Crippen molar-refractivity contribution in [1.82, 2.24) is 0 Å². The van der Waals surface area contributed by atoms with Crippen LogP contribution in [0.5, 0.6) is 167 Å². The number of carbonyl (C=O) groups is 11. The maximum atomic E-state index is 15.9. The van der Waals surface area contributed by atoms with Crippen molar-refractivity contribution in [3.8, 4) is 178 Å². The fourth-order valence-electron chi connectivity index (χ4n) is 15.0. The predicted octanol–water partition coefficient (Wildman–Crippen LogP) is 1.38. The van der Waals surface area contributed by atoms with Crippen molar-refractivity contribution in [3.63, 3.8) is 0 Å². The molecule has 53 nitrogen and oxygen atoms in total. The lowest BCUT2D eigenvalue weighted by molar-refractivity contribution is -0.339. The number of carbonyl (C=O) groups excluding carboxylic acids is 11. The molecule has 1 aliphatic carbocycles. The van der Waals surface area contributed by atoms with Crippen LogP contribution < -0.4 is 14.2 Å². The first kappa shape index (κ1) is 89.9. The van der Waals surface area contributed by atoms with Gasteiger partial charge in [-0.05, 0) is 66.7 Å². The normalized spacial score (nSPS) is 22.5. The van der Waals surface area contributed by atoms with Crippen LogP contribution in [0.4, 0.5) is 0 Å². The highest BCUT2D eigenvalue weighted by atomic mass is 16.8. The molecule has 0 amide bonds. The maximum Gasteiger partial charge on any atom is 0.344 e. The van der Waals surface area contributed by atoms with E-state index >= 15 is 28.8 Å². The molecule has 9 aromatic carbocycles. The lowest BCUT2D eigenvalue weighted by Crippen LogP contribution is -2.70. The van der Waals surface area contributed by atoms with Crippen LogP contribution in [0.3, 0.4) is 0 Å². The summed E-state index contributed by atoms with van der Waals surface area (Å²) in [6, 6.07) is 3.94. The van der Waals surface area contributed by atoms with Crippen LogP contribution in [-0.4, -0.2) is 290 Å². The van der Waals surface area contributed by atoms with E-state index in [1.807, 2.05) is 0 Å². The zero-order valence-electron chi connectivity index (χ0n) is 66.0. The molecule has 0 aromatic heterocycles. The maximum absolute atomic E-state index is 15.9. The minimum absolute atomic E-state index is 0.0791. The molecule has 16 rings (SSSR count). The number of rotatable bonds is 9. The topological polar surface area (TPSA) is 872 Å². The summed E-state index contributed by atoms with van der Waals surface area (Å²) in [5, 5.41) is 301. The second-order valence-corrected chi connectivity index (χ2v) is 29.8. The molecule has 6 heterocycles. The van der Waals surface area contributed by atoms with Crippen molar-refractivity contribution in [2.75, 3.05) is 13.2 Å². The molecule has 2 saturated heterocycles. The Kier molecular flexibility index (Phi) is 21.5. The number of esters is 10. The van der Waals surface area contributed by atoms with Gasteiger partial charge in [0.05, 0.1) is 50.4 Å². The SMILES string of the molecule is O=C1OC2C3COC(=O)c4cc5c(c(O)c4-c4c(cc(O)c(O)c4O)C(=O)OC2C(OC(=O)c2cc(O)c(O)c4c2C2C1=CC(=O)C(O)(O4)C2(O)O)C(OC(=O)c1cc(O)c(O)c(O)c1)O3)Oc1c(cc(O)c(O)c1O)C(=O)OC1OC(COC(=O)c2cc(O)c(O)c(O)c2)C(OC(=O)c2cc(O)c(O)c(O)c2)C(OC(=O)c2cc(O)c(O)c(O)c2)C1OC(=O)c1cc(O)c(O)c(O)c1O5. The van der Waals surface area contributed by atoms with Gasteiger partial charge >= 0.3 is 65.5 Å². The van der Waals surface area contributed by atoms with Crippen LogP contribution in [0.25, 0.3) is 11.1 Å². The summed E-state index contributed by atoms with van der Waals surface area (Å²) in [4.78, 5) is 165. The number of phenols is 24. The molecule has 0 radical (unpaired) electrons. The number of ether oxygens (including phenoxy) is 15. The van der Waals surface area contributed by atoms with Gasteiger partial charge in [0.2, 0.25) is 70.8 Å². The Morgan fingerprint density at radius 2 is 0.748 bits per heavy atom. The summed E-state index contributed by atoms with van der Waals surface area (Å²) in [5.41, 5.74) is -17.7. The lowest BCUT2D eigenvalue weighted by Gasteiger charge is -2.49. The Bertz CT molecular complexity index is 6730. The smallest absolute Gasteiger partial charge is 0.344 e. The van der Waals surface area contributed by atoms with E-state index < -0.39 is 397 Å². The number of ketones is 1. The first-order chi connectivity index (χ1) is 63.5. The summed E-state index contributed by atoms with van der Waals surface area (Å²) < 4.78 is 86.6. The molecule has 9 aromatic rings. The molecule has 7 aliphatic rings. The van der Waals surface area contributed by atoms with Gasteiger partial charge in [0, 0.05) is 34.9 Å². The van der Waals surface area contributed by atoms with Gasteiger partial charge in [0.1, 0.15) is 36.5 Å². The van der Waals surface area contributed by atoms with Crippen molar-refractivity contribution < 1.29 is 262 Å².